The van der Waals surface area contributed by atoms with Gasteiger partial charge in [0.25, 0.3) is 5.91 Å². The van der Waals surface area contributed by atoms with Gasteiger partial charge >= 0.3 is 0 Å². The third kappa shape index (κ3) is 6.85. The van der Waals surface area contributed by atoms with Crippen LogP contribution in [0.4, 0.5) is 0 Å². The molecule has 1 aliphatic carbocycles. The van der Waals surface area contributed by atoms with Crippen molar-refractivity contribution in [3.05, 3.63) is 35.9 Å². The third-order valence-electron chi connectivity index (χ3n) is 4.50. The number of hydrogen-bond acceptors (Lipinski definition) is 2. The molecule has 1 aromatic carbocycles. The van der Waals surface area contributed by atoms with Crippen molar-refractivity contribution < 1.29 is 9.59 Å². The number of benzene rings is 1. The lowest BCUT2D eigenvalue weighted by Crippen LogP contribution is -2.28. The third-order valence-corrected chi connectivity index (χ3v) is 4.50. The van der Waals surface area contributed by atoms with Crippen LogP contribution >= 0.6 is 0 Å². The first-order valence-electron chi connectivity index (χ1n) is 8.85. The summed E-state index contributed by atoms with van der Waals surface area (Å²) in [5, 5.41) is 5.84. The molecule has 0 bridgehead atoms. The van der Waals surface area contributed by atoms with Gasteiger partial charge in [-0.05, 0) is 30.9 Å². The van der Waals surface area contributed by atoms with Gasteiger partial charge in [0, 0.05) is 25.1 Å². The summed E-state index contributed by atoms with van der Waals surface area (Å²) in [5.74, 6) is 0.812. The summed E-state index contributed by atoms with van der Waals surface area (Å²) in [6, 6.07) is 9.14. The van der Waals surface area contributed by atoms with E-state index in [1.807, 2.05) is 18.2 Å². The van der Waals surface area contributed by atoms with Gasteiger partial charge in [0.15, 0.2) is 0 Å². The molecule has 1 aromatic rings. The standard InChI is InChI=1S/C19H28N2O2/c22-18(20-15-13-16-8-3-1-4-9-16)12-7-14-21-19(23)17-10-5-2-6-11-17/h2,5-6,10-11,16H,1,3-4,7-9,12-15H2,(H,20,22)(H,21,23). The lowest BCUT2D eigenvalue weighted by atomic mass is 9.87. The van der Waals surface area contributed by atoms with Crippen molar-refractivity contribution >= 4 is 11.8 Å². The fourth-order valence-electron chi connectivity index (χ4n) is 3.12. The maximum Gasteiger partial charge on any atom is 0.251 e. The fourth-order valence-corrected chi connectivity index (χ4v) is 3.12. The van der Waals surface area contributed by atoms with Gasteiger partial charge in [-0.3, -0.25) is 9.59 Å². The highest BCUT2D eigenvalue weighted by molar-refractivity contribution is 5.94. The fraction of sp³-hybridized carbons (Fsp3) is 0.579. The van der Waals surface area contributed by atoms with Crippen molar-refractivity contribution in [3.63, 3.8) is 0 Å². The molecule has 0 aromatic heterocycles. The molecule has 0 radical (unpaired) electrons. The number of rotatable bonds is 8. The molecule has 1 fully saturated rings. The molecule has 0 saturated heterocycles. The quantitative estimate of drug-likeness (QED) is 0.723. The molecule has 2 rings (SSSR count). The molecule has 4 nitrogen and oxygen atoms in total. The Labute approximate surface area is 139 Å². The summed E-state index contributed by atoms with van der Waals surface area (Å²) in [7, 11) is 0. The van der Waals surface area contributed by atoms with Gasteiger partial charge in [0.05, 0.1) is 0 Å². The topological polar surface area (TPSA) is 58.2 Å². The average molecular weight is 316 g/mol. The maximum absolute atomic E-state index is 11.8. The Morgan fingerprint density at radius 3 is 2.43 bits per heavy atom. The predicted octanol–water partition coefficient (Wildman–Crippen LogP) is 3.28. The van der Waals surface area contributed by atoms with Crippen LogP contribution in [0.5, 0.6) is 0 Å². The van der Waals surface area contributed by atoms with Gasteiger partial charge in [0.1, 0.15) is 0 Å². The highest BCUT2D eigenvalue weighted by Gasteiger charge is 2.13. The van der Waals surface area contributed by atoms with E-state index in [1.165, 1.54) is 32.1 Å². The molecule has 2 amide bonds. The molecule has 0 atom stereocenters. The molecular weight excluding hydrogens is 288 g/mol. The van der Waals surface area contributed by atoms with Crippen LogP contribution in [0.3, 0.4) is 0 Å². The van der Waals surface area contributed by atoms with E-state index in [1.54, 1.807) is 12.1 Å². The van der Waals surface area contributed by atoms with E-state index in [-0.39, 0.29) is 11.8 Å². The van der Waals surface area contributed by atoms with Crippen molar-refractivity contribution in [1.29, 1.82) is 0 Å². The molecule has 0 aliphatic heterocycles. The molecule has 1 saturated carbocycles. The van der Waals surface area contributed by atoms with Crippen LogP contribution in [0.25, 0.3) is 0 Å². The normalized spacial score (nSPS) is 15.1. The maximum atomic E-state index is 11.8. The van der Waals surface area contributed by atoms with Crippen molar-refractivity contribution in [2.24, 2.45) is 5.92 Å². The number of hydrogen-bond donors (Lipinski definition) is 2. The van der Waals surface area contributed by atoms with Crippen LogP contribution in [0.2, 0.25) is 0 Å². The summed E-state index contributed by atoms with van der Waals surface area (Å²) in [4.78, 5) is 23.6. The van der Waals surface area contributed by atoms with E-state index < -0.39 is 0 Å². The second kappa shape index (κ2) is 10.0. The molecule has 0 spiro atoms. The lowest BCUT2D eigenvalue weighted by Gasteiger charge is -2.21. The van der Waals surface area contributed by atoms with Gasteiger partial charge in [0.2, 0.25) is 5.91 Å². The Balaban J connectivity index is 1.50. The first kappa shape index (κ1) is 17.5. The summed E-state index contributed by atoms with van der Waals surface area (Å²) < 4.78 is 0. The molecule has 0 unspecified atom stereocenters. The molecule has 23 heavy (non-hydrogen) atoms. The van der Waals surface area contributed by atoms with Crippen LogP contribution in [-0.4, -0.2) is 24.9 Å². The monoisotopic (exact) mass is 316 g/mol. The van der Waals surface area contributed by atoms with E-state index in [4.69, 9.17) is 0 Å². The highest BCUT2D eigenvalue weighted by Crippen LogP contribution is 2.25. The Bertz CT molecular complexity index is 481. The van der Waals surface area contributed by atoms with Crippen LogP contribution in [-0.2, 0) is 4.79 Å². The average Bonchev–Trinajstić information content (AvgIpc) is 2.60. The van der Waals surface area contributed by atoms with E-state index in [0.29, 0.717) is 24.9 Å². The van der Waals surface area contributed by atoms with Gasteiger partial charge in [-0.15, -0.1) is 0 Å². The largest absolute Gasteiger partial charge is 0.356 e. The number of carbonyl (C=O) groups is 2. The van der Waals surface area contributed by atoms with Crippen molar-refractivity contribution in [2.75, 3.05) is 13.1 Å². The van der Waals surface area contributed by atoms with Crippen LogP contribution < -0.4 is 10.6 Å². The highest BCUT2D eigenvalue weighted by atomic mass is 16.2. The van der Waals surface area contributed by atoms with Crippen molar-refractivity contribution in [3.8, 4) is 0 Å². The van der Waals surface area contributed by atoms with E-state index in [9.17, 15) is 9.59 Å². The molecule has 126 valence electrons. The van der Waals surface area contributed by atoms with Gasteiger partial charge in [-0.25, -0.2) is 0 Å². The molecule has 0 heterocycles. The molecule has 4 heteroatoms. The zero-order chi connectivity index (χ0) is 16.3. The number of nitrogens with one attached hydrogen (secondary N) is 2. The summed E-state index contributed by atoms with van der Waals surface area (Å²) in [6.45, 7) is 1.32. The summed E-state index contributed by atoms with van der Waals surface area (Å²) in [5.41, 5.74) is 0.657. The van der Waals surface area contributed by atoms with E-state index in [2.05, 4.69) is 10.6 Å². The Kier molecular flexibility index (Phi) is 7.64. The summed E-state index contributed by atoms with van der Waals surface area (Å²) in [6.07, 6.45) is 8.96. The smallest absolute Gasteiger partial charge is 0.251 e. The predicted molar refractivity (Wildman–Crippen MR) is 92.2 cm³/mol. The van der Waals surface area contributed by atoms with Gasteiger partial charge in [-0.2, -0.15) is 0 Å². The molecule has 2 N–H and O–H groups in total. The van der Waals surface area contributed by atoms with Gasteiger partial charge < -0.3 is 10.6 Å². The number of amides is 2. The zero-order valence-electron chi connectivity index (χ0n) is 13.9. The van der Waals surface area contributed by atoms with Crippen molar-refractivity contribution in [2.45, 2.75) is 51.4 Å². The second-order valence-electron chi connectivity index (χ2n) is 6.37. The van der Waals surface area contributed by atoms with E-state index in [0.717, 1.165) is 18.9 Å². The van der Waals surface area contributed by atoms with E-state index >= 15 is 0 Å². The Hall–Kier alpha value is -1.84. The lowest BCUT2D eigenvalue weighted by molar-refractivity contribution is -0.121. The SMILES string of the molecule is O=C(CCCNC(=O)c1ccccc1)NCCC1CCCCC1. The van der Waals surface area contributed by atoms with Crippen LogP contribution in [0.15, 0.2) is 30.3 Å². The summed E-state index contributed by atoms with van der Waals surface area (Å²) >= 11 is 0. The molecule has 1 aliphatic rings. The Morgan fingerprint density at radius 1 is 0.957 bits per heavy atom. The van der Waals surface area contributed by atoms with Gasteiger partial charge in [-0.1, -0.05) is 50.3 Å². The van der Waals surface area contributed by atoms with Crippen molar-refractivity contribution in [1.82, 2.24) is 10.6 Å². The van der Waals surface area contributed by atoms with Crippen LogP contribution in [0.1, 0.15) is 61.7 Å². The molecular formula is C19H28N2O2. The minimum Gasteiger partial charge on any atom is -0.356 e. The zero-order valence-corrected chi connectivity index (χ0v) is 13.9. The Morgan fingerprint density at radius 2 is 1.70 bits per heavy atom. The first-order valence-corrected chi connectivity index (χ1v) is 8.85. The minimum absolute atomic E-state index is 0.0803. The minimum atomic E-state index is -0.0803. The second-order valence-corrected chi connectivity index (χ2v) is 6.37. The van der Waals surface area contributed by atoms with Crippen LogP contribution in [0, 0.1) is 5.92 Å². The number of carbonyl (C=O) groups excluding carboxylic acids is 2. The first-order chi connectivity index (χ1) is 11.3.